The third-order valence-electron chi connectivity index (χ3n) is 5.08. The van der Waals surface area contributed by atoms with Crippen LogP contribution in [0.3, 0.4) is 0 Å². The lowest BCUT2D eigenvalue weighted by molar-refractivity contribution is 0.0318. The first-order valence-electron chi connectivity index (χ1n) is 9.73. The Morgan fingerprint density at radius 1 is 1.00 bits per heavy atom. The van der Waals surface area contributed by atoms with Crippen LogP contribution in [0.2, 0.25) is 0 Å². The first kappa shape index (κ1) is 21.3. The van der Waals surface area contributed by atoms with Crippen molar-refractivity contribution in [2.45, 2.75) is 47.3 Å². The molecular formula is C24H25NO5. The molecule has 0 aliphatic heterocycles. The molecule has 0 radical (unpaired) electrons. The summed E-state index contributed by atoms with van der Waals surface area (Å²) in [7, 11) is 0. The molecule has 2 aromatic carbocycles. The van der Waals surface area contributed by atoms with E-state index in [4.69, 9.17) is 14.0 Å². The van der Waals surface area contributed by atoms with E-state index in [0.717, 1.165) is 22.4 Å². The van der Waals surface area contributed by atoms with Crippen molar-refractivity contribution in [2.24, 2.45) is 0 Å². The van der Waals surface area contributed by atoms with E-state index in [2.05, 4.69) is 5.16 Å². The minimum atomic E-state index is -0.897. The minimum absolute atomic E-state index is 0.239. The Balaban J connectivity index is 1.65. The number of benzene rings is 2. The summed E-state index contributed by atoms with van der Waals surface area (Å²) in [6.45, 7) is 9.44. The van der Waals surface area contributed by atoms with E-state index in [1.54, 1.807) is 37.3 Å². The van der Waals surface area contributed by atoms with E-state index >= 15 is 0 Å². The quantitative estimate of drug-likeness (QED) is 0.409. The molecule has 1 aromatic heterocycles. The zero-order valence-electron chi connectivity index (χ0n) is 17.8. The van der Waals surface area contributed by atoms with Gasteiger partial charge in [0.15, 0.2) is 6.10 Å². The van der Waals surface area contributed by atoms with E-state index < -0.39 is 12.1 Å². The normalized spacial score (nSPS) is 11.8. The highest BCUT2D eigenvalue weighted by Gasteiger charge is 2.21. The van der Waals surface area contributed by atoms with Crippen molar-refractivity contribution >= 4 is 11.8 Å². The molecule has 1 atom stereocenters. The first-order valence-corrected chi connectivity index (χ1v) is 9.73. The van der Waals surface area contributed by atoms with E-state index in [1.807, 2.05) is 39.8 Å². The molecule has 0 amide bonds. The summed E-state index contributed by atoms with van der Waals surface area (Å²) >= 11 is 0. The average Bonchev–Trinajstić information content (AvgIpc) is 3.05. The first-order chi connectivity index (χ1) is 14.3. The van der Waals surface area contributed by atoms with Gasteiger partial charge in [-0.15, -0.1) is 0 Å². The molecule has 0 saturated heterocycles. The zero-order valence-corrected chi connectivity index (χ0v) is 17.8. The van der Waals surface area contributed by atoms with Crippen molar-refractivity contribution in [3.8, 4) is 5.75 Å². The molecule has 1 heterocycles. The molecule has 0 N–H and O–H groups in total. The summed E-state index contributed by atoms with van der Waals surface area (Å²) in [5.41, 5.74) is 4.59. The minimum Gasteiger partial charge on any atom is -0.489 e. The number of carbonyl (C=O) groups excluding carboxylic acids is 2. The lowest BCUT2D eigenvalue weighted by Gasteiger charge is -2.14. The number of Topliss-reactive ketones (excluding diaryl/α,β-unsaturated/α-hetero) is 1. The van der Waals surface area contributed by atoms with Crippen LogP contribution in [0.25, 0.3) is 0 Å². The molecule has 3 rings (SSSR count). The van der Waals surface area contributed by atoms with Crippen molar-refractivity contribution in [1.29, 1.82) is 0 Å². The number of nitrogens with zero attached hydrogens (tertiary/aromatic N) is 1. The van der Waals surface area contributed by atoms with Gasteiger partial charge in [0.05, 0.1) is 16.8 Å². The van der Waals surface area contributed by atoms with Crippen LogP contribution in [0.5, 0.6) is 5.75 Å². The molecule has 0 spiro atoms. The highest BCUT2D eigenvalue weighted by molar-refractivity contribution is 6.01. The van der Waals surface area contributed by atoms with Crippen LogP contribution in [-0.4, -0.2) is 23.0 Å². The lowest BCUT2D eigenvalue weighted by atomic mass is 10.0. The number of esters is 1. The van der Waals surface area contributed by atoms with Crippen LogP contribution in [0.15, 0.2) is 47.0 Å². The second-order valence-corrected chi connectivity index (χ2v) is 7.33. The molecule has 0 aliphatic carbocycles. The number of hydrogen-bond donors (Lipinski definition) is 0. The van der Waals surface area contributed by atoms with Crippen molar-refractivity contribution in [3.63, 3.8) is 0 Å². The number of rotatable bonds is 7. The molecule has 30 heavy (non-hydrogen) atoms. The number of ether oxygens (including phenoxy) is 2. The maximum absolute atomic E-state index is 12.6. The molecule has 6 heteroatoms. The largest absolute Gasteiger partial charge is 0.489 e. The van der Waals surface area contributed by atoms with Gasteiger partial charge in [-0.05, 0) is 70.0 Å². The molecular weight excluding hydrogens is 382 g/mol. The predicted molar refractivity (Wildman–Crippen MR) is 112 cm³/mol. The molecule has 0 fully saturated rings. The summed E-state index contributed by atoms with van der Waals surface area (Å²) in [5, 5.41) is 3.90. The third-order valence-corrected chi connectivity index (χ3v) is 5.08. The van der Waals surface area contributed by atoms with E-state index in [0.29, 0.717) is 22.6 Å². The maximum atomic E-state index is 12.6. The van der Waals surface area contributed by atoms with Crippen LogP contribution >= 0.6 is 0 Å². The number of aryl methyl sites for hydroxylation is 4. The topological polar surface area (TPSA) is 78.6 Å². The molecule has 3 aromatic rings. The maximum Gasteiger partial charge on any atom is 0.338 e. The standard InChI is InChI=1S/C24H25NO5/c1-14-9-10-19(11-15(14)2)23(26)18(5)29-24(27)20-7-6-8-21(12-20)28-13-22-16(3)25-30-17(22)4/h6-12,18H,13H2,1-5H3. The Hall–Kier alpha value is -3.41. The summed E-state index contributed by atoms with van der Waals surface area (Å²) in [5.74, 6) is 0.388. The zero-order chi connectivity index (χ0) is 21.8. The Morgan fingerprint density at radius 2 is 1.77 bits per heavy atom. The number of ketones is 1. The highest BCUT2D eigenvalue weighted by Crippen LogP contribution is 2.20. The van der Waals surface area contributed by atoms with Crippen LogP contribution in [0.1, 0.15) is 55.8 Å². The van der Waals surface area contributed by atoms with Gasteiger partial charge in [0.1, 0.15) is 18.1 Å². The van der Waals surface area contributed by atoms with Gasteiger partial charge in [0.25, 0.3) is 0 Å². The predicted octanol–water partition coefficient (Wildman–Crippen LogP) is 4.92. The fraction of sp³-hybridized carbons (Fsp3) is 0.292. The molecule has 156 valence electrons. The van der Waals surface area contributed by atoms with Gasteiger partial charge in [-0.25, -0.2) is 4.79 Å². The molecule has 1 unspecified atom stereocenters. The summed E-state index contributed by atoms with van der Waals surface area (Å²) in [4.78, 5) is 25.2. The number of carbonyl (C=O) groups is 2. The lowest BCUT2D eigenvalue weighted by Crippen LogP contribution is -2.24. The van der Waals surface area contributed by atoms with Gasteiger partial charge in [-0.1, -0.05) is 23.4 Å². The third kappa shape index (κ3) is 4.76. The molecule has 0 aliphatic rings. The Bertz CT molecular complexity index is 1060. The monoisotopic (exact) mass is 407 g/mol. The SMILES string of the molecule is Cc1ccc(C(=O)C(C)OC(=O)c2cccc(OCc3c(C)noc3C)c2)cc1C. The Kier molecular flexibility index (Phi) is 6.35. The Labute approximate surface area is 175 Å². The van der Waals surface area contributed by atoms with Gasteiger partial charge in [0.2, 0.25) is 5.78 Å². The van der Waals surface area contributed by atoms with Crippen molar-refractivity contribution in [2.75, 3.05) is 0 Å². The van der Waals surface area contributed by atoms with Gasteiger partial charge in [0, 0.05) is 5.56 Å². The van der Waals surface area contributed by atoms with Gasteiger partial charge in [-0.3, -0.25) is 4.79 Å². The van der Waals surface area contributed by atoms with E-state index in [9.17, 15) is 9.59 Å². The fourth-order valence-electron chi connectivity index (χ4n) is 2.99. The van der Waals surface area contributed by atoms with E-state index in [1.165, 1.54) is 0 Å². The second-order valence-electron chi connectivity index (χ2n) is 7.33. The van der Waals surface area contributed by atoms with E-state index in [-0.39, 0.29) is 12.4 Å². The smallest absolute Gasteiger partial charge is 0.338 e. The van der Waals surface area contributed by atoms with Gasteiger partial charge < -0.3 is 14.0 Å². The molecule has 0 bridgehead atoms. The fourth-order valence-corrected chi connectivity index (χ4v) is 2.99. The van der Waals surface area contributed by atoms with Crippen molar-refractivity contribution in [3.05, 3.63) is 81.7 Å². The van der Waals surface area contributed by atoms with Crippen LogP contribution in [0.4, 0.5) is 0 Å². The molecule has 0 saturated carbocycles. The van der Waals surface area contributed by atoms with Crippen molar-refractivity contribution < 1.29 is 23.6 Å². The van der Waals surface area contributed by atoms with Gasteiger partial charge in [-0.2, -0.15) is 0 Å². The highest BCUT2D eigenvalue weighted by atomic mass is 16.5. The number of aromatic nitrogens is 1. The van der Waals surface area contributed by atoms with Crippen LogP contribution in [-0.2, 0) is 11.3 Å². The molecule has 6 nitrogen and oxygen atoms in total. The number of hydrogen-bond acceptors (Lipinski definition) is 6. The summed E-state index contributed by atoms with van der Waals surface area (Å²) in [6.07, 6.45) is -0.897. The Morgan fingerprint density at radius 3 is 2.43 bits per heavy atom. The second kappa shape index (κ2) is 8.95. The summed E-state index contributed by atoms with van der Waals surface area (Å²) in [6, 6.07) is 12.1. The summed E-state index contributed by atoms with van der Waals surface area (Å²) < 4.78 is 16.3. The van der Waals surface area contributed by atoms with Crippen LogP contribution < -0.4 is 4.74 Å². The van der Waals surface area contributed by atoms with Crippen molar-refractivity contribution in [1.82, 2.24) is 5.16 Å². The average molecular weight is 407 g/mol. The van der Waals surface area contributed by atoms with Gasteiger partial charge >= 0.3 is 5.97 Å². The van der Waals surface area contributed by atoms with Crippen LogP contribution in [0, 0.1) is 27.7 Å².